The minimum Gasteiger partial charge on any atom is -0.482 e. The van der Waals surface area contributed by atoms with Crippen molar-refractivity contribution in [3.05, 3.63) is 72.3 Å². The van der Waals surface area contributed by atoms with E-state index >= 15 is 0 Å². The van der Waals surface area contributed by atoms with Crippen LogP contribution in [-0.2, 0) is 10.0 Å². The lowest BCUT2D eigenvalue weighted by molar-refractivity contribution is 0.227. The molecule has 0 radical (unpaired) electrons. The number of hydrogen-bond donors (Lipinski definition) is 2. The van der Waals surface area contributed by atoms with Crippen LogP contribution in [0.15, 0.2) is 60.9 Å². The van der Waals surface area contributed by atoms with E-state index in [2.05, 4.69) is 14.8 Å². The minimum absolute atomic E-state index is 0.164. The Morgan fingerprint density at radius 2 is 2.00 bits per heavy atom. The summed E-state index contributed by atoms with van der Waals surface area (Å²) in [6.45, 7) is 1.79. The summed E-state index contributed by atoms with van der Waals surface area (Å²) in [5.41, 5.74) is 8.36. The molecular formula is C21H20FN5O3S. The molecule has 0 aliphatic rings. The van der Waals surface area contributed by atoms with Gasteiger partial charge in [-0.2, -0.15) is 5.10 Å². The number of sulfonamides is 1. The van der Waals surface area contributed by atoms with Gasteiger partial charge < -0.3 is 10.5 Å². The molecule has 2 aromatic carbocycles. The van der Waals surface area contributed by atoms with Gasteiger partial charge in [-0.15, -0.1) is 0 Å². The number of nitrogens with one attached hydrogen (secondary N) is 1. The predicted octanol–water partition coefficient (Wildman–Crippen LogP) is 3.65. The molecular weight excluding hydrogens is 421 g/mol. The monoisotopic (exact) mass is 441 g/mol. The smallest absolute Gasteiger partial charge is 0.229 e. The van der Waals surface area contributed by atoms with Crippen molar-refractivity contribution in [1.29, 1.82) is 0 Å². The molecule has 3 N–H and O–H groups in total. The zero-order valence-electron chi connectivity index (χ0n) is 16.8. The van der Waals surface area contributed by atoms with Crippen LogP contribution in [0.4, 0.5) is 15.9 Å². The number of aromatic nitrogens is 3. The Balaban J connectivity index is 1.74. The molecule has 2 aromatic heterocycles. The van der Waals surface area contributed by atoms with Gasteiger partial charge in [-0.3, -0.25) is 4.72 Å². The average molecular weight is 441 g/mol. The quantitative estimate of drug-likeness (QED) is 0.472. The third-order valence-corrected chi connectivity index (χ3v) is 5.20. The van der Waals surface area contributed by atoms with Gasteiger partial charge in [0, 0.05) is 29.0 Å². The minimum atomic E-state index is -3.46. The number of ether oxygens (including phenoxy) is 1. The number of benzene rings is 2. The number of nitrogen functional groups attached to an aromatic ring is 1. The van der Waals surface area contributed by atoms with Gasteiger partial charge in [0.1, 0.15) is 11.9 Å². The van der Waals surface area contributed by atoms with Crippen LogP contribution in [0.25, 0.3) is 16.6 Å². The highest BCUT2D eigenvalue weighted by molar-refractivity contribution is 7.92. The fraction of sp³-hybridized carbons (Fsp3) is 0.143. The van der Waals surface area contributed by atoms with Crippen LogP contribution >= 0.6 is 0 Å². The number of fused-ring (bicyclic) bond motifs is 1. The van der Waals surface area contributed by atoms with E-state index < -0.39 is 21.9 Å². The Kier molecular flexibility index (Phi) is 5.24. The number of nitrogens with two attached hydrogens (primary N) is 1. The Labute approximate surface area is 178 Å². The molecule has 0 spiro atoms. The van der Waals surface area contributed by atoms with E-state index in [1.807, 2.05) is 0 Å². The normalized spacial score (nSPS) is 12.6. The molecule has 160 valence electrons. The third kappa shape index (κ3) is 4.58. The first-order valence-electron chi connectivity index (χ1n) is 9.34. The first-order valence-corrected chi connectivity index (χ1v) is 11.2. The summed E-state index contributed by atoms with van der Waals surface area (Å²) in [6.07, 6.45) is 3.92. The molecule has 0 amide bonds. The van der Waals surface area contributed by atoms with Gasteiger partial charge in [0.25, 0.3) is 0 Å². The number of rotatable bonds is 6. The highest BCUT2D eigenvalue weighted by Crippen LogP contribution is 2.33. The summed E-state index contributed by atoms with van der Waals surface area (Å²) >= 11 is 0. The zero-order valence-corrected chi connectivity index (χ0v) is 17.6. The first-order chi connectivity index (χ1) is 14.7. The molecule has 4 aromatic rings. The molecule has 0 bridgehead atoms. The number of pyridine rings is 1. The van der Waals surface area contributed by atoms with Crippen molar-refractivity contribution in [3.8, 4) is 11.4 Å². The maximum atomic E-state index is 13.6. The van der Waals surface area contributed by atoms with Gasteiger partial charge in [-0.1, -0.05) is 0 Å². The van der Waals surface area contributed by atoms with Crippen molar-refractivity contribution in [3.63, 3.8) is 0 Å². The summed E-state index contributed by atoms with van der Waals surface area (Å²) in [5, 5.41) is 4.80. The zero-order chi connectivity index (χ0) is 22.2. The molecule has 10 heteroatoms. The van der Waals surface area contributed by atoms with Crippen molar-refractivity contribution >= 4 is 32.4 Å². The van der Waals surface area contributed by atoms with Crippen molar-refractivity contribution in [2.24, 2.45) is 0 Å². The molecule has 2 heterocycles. The summed E-state index contributed by atoms with van der Waals surface area (Å²) in [7, 11) is -3.46. The van der Waals surface area contributed by atoms with E-state index in [0.29, 0.717) is 33.6 Å². The standard InChI is InChI=1S/C21H20FN5O3S/c1-13(30-20-11-14-10-15(22)4-6-18(14)25-21(20)23)17-12-16(26-31(2,28)29)5-7-19(17)27-9-3-8-24-27/h3-13,26H,1-2H3,(H2,23,25). The Bertz CT molecular complexity index is 1360. The summed E-state index contributed by atoms with van der Waals surface area (Å²) in [6, 6.07) is 12.7. The summed E-state index contributed by atoms with van der Waals surface area (Å²) < 4.78 is 47.1. The largest absolute Gasteiger partial charge is 0.482 e. The lowest BCUT2D eigenvalue weighted by Gasteiger charge is -2.20. The van der Waals surface area contributed by atoms with Crippen LogP contribution in [-0.4, -0.2) is 29.4 Å². The molecule has 0 aliphatic carbocycles. The van der Waals surface area contributed by atoms with Crippen LogP contribution in [0.2, 0.25) is 0 Å². The van der Waals surface area contributed by atoms with E-state index in [9.17, 15) is 12.8 Å². The number of nitrogens with zero attached hydrogens (tertiary/aromatic N) is 3. The lowest BCUT2D eigenvalue weighted by atomic mass is 10.1. The fourth-order valence-corrected chi connectivity index (χ4v) is 3.82. The van der Waals surface area contributed by atoms with Crippen LogP contribution in [0.3, 0.4) is 0 Å². The van der Waals surface area contributed by atoms with E-state index in [1.54, 1.807) is 60.4 Å². The van der Waals surface area contributed by atoms with Crippen molar-refractivity contribution < 1.29 is 17.5 Å². The molecule has 0 aliphatic heterocycles. The molecule has 8 nitrogen and oxygen atoms in total. The average Bonchev–Trinajstić information content (AvgIpc) is 3.22. The Morgan fingerprint density at radius 1 is 1.19 bits per heavy atom. The SMILES string of the molecule is CC(Oc1cc2cc(F)ccc2nc1N)c1cc(NS(C)(=O)=O)ccc1-n1cccn1. The second kappa shape index (κ2) is 7.88. The van der Waals surface area contributed by atoms with Gasteiger partial charge in [-0.25, -0.2) is 22.5 Å². The summed E-state index contributed by atoms with van der Waals surface area (Å²) in [5.74, 6) is 0.0640. The fourth-order valence-electron chi connectivity index (χ4n) is 3.27. The maximum Gasteiger partial charge on any atom is 0.229 e. The number of anilines is 2. The Morgan fingerprint density at radius 3 is 2.71 bits per heavy atom. The van der Waals surface area contributed by atoms with Crippen LogP contribution < -0.4 is 15.2 Å². The highest BCUT2D eigenvalue weighted by atomic mass is 32.2. The maximum absolute atomic E-state index is 13.6. The molecule has 0 saturated carbocycles. The van der Waals surface area contributed by atoms with Gasteiger partial charge in [0.05, 0.1) is 17.5 Å². The number of hydrogen-bond acceptors (Lipinski definition) is 6. The Hall–Kier alpha value is -3.66. The molecule has 31 heavy (non-hydrogen) atoms. The van der Waals surface area contributed by atoms with Crippen molar-refractivity contribution in [2.45, 2.75) is 13.0 Å². The number of halogens is 1. The van der Waals surface area contributed by atoms with Gasteiger partial charge in [0.15, 0.2) is 11.6 Å². The van der Waals surface area contributed by atoms with Crippen molar-refractivity contribution in [2.75, 3.05) is 16.7 Å². The van der Waals surface area contributed by atoms with Gasteiger partial charge in [-0.05, 0) is 55.5 Å². The van der Waals surface area contributed by atoms with E-state index in [-0.39, 0.29) is 5.82 Å². The molecule has 1 atom stereocenters. The van der Waals surface area contributed by atoms with Crippen molar-refractivity contribution in [1.82, 2.24) is 14.8 Å². The second-order valence-corrected chi connectivity index (χ2v) is 8.82. The third-order valence-electron chi connectivity index (χ3n) is 4.59. The predicted molar refractivity (Wildman–Crippen MR) is 117 cm³/mol. The van der Waals surface area contributed by atoms with E-state index in [4.69, 9.17) is 10.5 Å². The van der Waals surface area contributed by atoms with E-state index in [1.165, 1.54) is 12.1 Å². The molecule has 4 rings (SSSR count). The van der Waals surface area contributed by atoms with E-state index in [0.717, 1.165) is 6.26 Å². The van der Waals surface area contributed by atoms with Crippen LogP contribution in [0, 0.1) is 5.82 Å². The summed E-state index contributed by atoms with van der Waals surface area (Å²) in [4.78, 5) is 4.28. The molecule has 0 fully saturated rings. The highest BCUT2D eigenvalue weighted by Gasteiger charge is 2.18. The topological polar surface area (TPSA) is 112 Å². The first kappa shape index (κ1) is 20.6. The molecule has 0 saturated heterocycles. The second-order valence-electron chi connectivity index (χ2n) is 7.07. The van der Waals surface area contributed by atoms with Crippen LogP contribution in [0.1, 0.15) is 18.6 Å². The molecule has 1 unspecified atom stereocenters. The van der Waals surface area contributed by atoms with Gasteiger partial charge in [0.2, 0.25) is 10.0 Å². The van der Waals surface area contributed by atoms with Gasteiger partial charge >= 0.3 is 0 Å². The van der Waals surface area contributed by atoms with Crippen LogP contribution in [0.5, 0.6) is 5.75 Å². The lowest BCUT2D eigenvalue weighted by Crippen LogP contribution is -2.13.